The Kier molecular flexibility index (Phi) is 5.47. The topological polar surface area (TPSA) is 108 Å². The number of nitrogens with one attached hydrogen (secondary N) is 1. The highest BCUT2D eigenvalue weighted by molar-refractivity contribution is 5.89. The van der Waals surface area contributed by atoms with Gasteiger partial charge in [-0.1, -0.05) is 0 Å². The molecular formula is C21H30N6O3. The Labute approximate surface area is 175 Å². The predicted octanol–water partition coefficient (Wildman–Crippen LogP) is 1.79. The fourth-order valence-electron chi connectivity index (χ4n) is 4.89. The number of aromatic nitrogens is 3. The first-order chi connectivity index (χ1) is 14.7. The number of nitrogens with two attached hydrogens (primary N) is 1. The Morgan fingerprint density at radius 3 is 2.87 bits per heavy atom. The predicted molar refractivity (Wildman–Crippen MR) is 112 cm³/mol. The summed E-state index contributed by atoms with van der Waals surface area (Å²) in [5.74, 6) is 1.47. The van der Waals surface area contributed by atoms with Crippen LogP contribution in [0.15, 0.2) is 0 Å². The van der Waals surface area contributed by atoms with Crippen LogP contribution in [0.5, 0.6) is 0 Å². The third-order valence-electron chi connectivity index (χ3n) is 6.40. The highest BCUT2D eigenvalue weighted by Gasteiger charge is 2.29. The molecule has 9 nitrogen and oxygen atoms in total. The summed E-state index contributed by atoms with van der Waals surface area (Å²) < 4.78 is 13.5. The lowest BCUT2D eigenvalue weighted by Crippen LogP contribution is -2.46. The van der Waals surface area contributed by atoms with Gasteiger partial charge in [-0.3, -0.25) is 0 Å². The lowest BCUT2D eigenvalue weighted by atomic mass is 9.94. The fourth-order valence-corrected chi connectivity index (χ4v) is 4.89. The number of aryl methyl sites for hydroxylation is 2. The SMILES string of the molecule is Nc1nc2c(c3c1nc1n3[C@@H](CCCNC(=O)N3CCOCC3)COC1)CCCC2. The van der Waals surface area contributed by atoms with E-state index in [-0.39, 0.29) is 12.1 Å². The zero-order chi connectivity index (χ0) is 20.5. The van der Waals surface area contributed by atoms with Gasteiger partial charge in [-0.05, 0) is 44.1 Å². The summed E-state index contributed by atoms with van der Waals surface area (Å²) in [6.45, 7) is 4.37. The fraction of sp³-hybridized carbons (Fsp3) is 0.667. The van der Waals surface area contributed by atoms with E-state index in [9.17, 15) is 4.79 Å². The van der Waals surface area contributed by atoms with Gasteiger partial charge in [0.05, 0.1) is 31.4 Å². The number of rotatable bonds is 4. The third-order valence-corrected chi connectivity index (χ3v) is 6.40. The Morgan fingerprint density at radius 1 is 1.17 bits per heavy atom. The van der Waals surface area contributed by atoms with E-state index in [1.165, 1.54) is 18.4 Å². The summed E-state index contributed by atoms with van der Waals surface area (Å²) in [6, 6.07) is 0.201. The molecule has 0 aromatic carbocycles. The summed E-state index contributed by atoms with van der Waals surface area (Å²) in [6.07, 6.45) is 6.17. The minimum Gasteiger partial charge on any atom is -0.382 e. The molecule has 1 aliphatic carbocycles. The Morgan fingerprint density at radius 2 is 2.00 bits per heavy atom. The standard InChI is InChI=1S/C21H30N6O3/c22-20-18-19(15-5-1-2-6-16(15)24-20)27-14(12-30-13-17(27)25-18)4-3-7-23-21(28)26-8-10-29-11-9-26/h14H,1-13H2,(H2,22,24)(H,23,28)/t14-/m0/s1. The minimum absolute atomic E-state index is 0.000110. The lowest BCUT2D eigenvalue weighted by molar-refractivity contribution is 0.0513. The highest BCUT2D eigenvalue weighted by atomic mass is 16.5. The smallest absolute Gasteiger partial charge is 0.317 e. The summed E-state index contributed by atoms with van der Waals surface area (Å²) >= 11 is 0. The molecule has 3 N–H and O–H groups in total. The summed E-state index contributed by atoms with van der Waals surface area (Å²) in [5.41, 5.74) is 10.7. The average molecular weight is 415 g/mol. The number of urea groups is 1. The van der Waals surface area contributed by atoms with Crippen LogP contribution in [-0.2, 0) is 28.9 Å². The van der Waals surface area contributed by atoms with Crippen molar-refractivity contribution in [2.45, 2.75) is 51.2 Å². The molecule has 30 heavy (non-hydrogen) atoms. The molecule has 1 saturated heterocycles. The van der Waals surface area contributed by atoms with Crippen molar-refractivity contribution in [3.8, 4) is 0 Å². The van der Waals surface area contributed by atoms with E-state index in [4.69, 9.17) is 20.2 Å². The maximum absolute atomic E-state index is 12.3. The molecule has 0 spiro atoms. The number of hydrogen-bond donors (Lipinski definition) is 2. The Hall–Kier alpha value is -2.39. The molecule has 2 aromatic rings. The van der Waals surface area contributed by atoms with Crippen LogP contribution in [0.1, 0.15) is 48.8 Å². The van der Waals surface area contributed by atoms with Gasteiger partial charge in [-0.15, -0.1) is 0 Å². The van der Waals surface area contributed by atoms with Gasteiger partial charge in [0.1, 0.15) is 17.9 Å². The van der Waals surface area contributed by atoms with Crippen molar-refractivity contribution in [2.75, 3.05) is 45.2 Å². The molecule has 0 saturated carbocycles. The quantitative estimate of drug-likeness (QED) is 0.739. The number of hydrogen-bond acceptors (Lipinski definition) is 6. The highest BCUT2D eigenvalue weighted by Crippen LogP contribution is 2.36. The number of imidazole rings is 1. The van der Waals surface area contributed by atoms with E-state index in [1.807, 2.05) is 4.90 Å². The van der Waals surface area contributed by atoms with E-state index in [2.05, 4.69) is 14.9 Å². The number of carbonyl (C=O) groups excluding carboxylic acids is 1. The van der Waals surface area contributed by atoms with E-state index in [0.29, 0.717) is 51.9 Å². The molecular weight excluding hydrogens is 384 g/mol. The molecule has 1 fully saturated rings. The van der Waals surface area contributed by atoms with Crippen molar-refractivity contribution in [1.29, 1.82) is 0 Å². The number of carbonyl (C=O) groups is 1. The number of fused-ring (bicyclic) bond motifs is 5. The second-order valence-corrected chi connectivity index (χ2v) is 8.37. The van der Waals surface area contributed by atoms with E-state index in [1.54, 1.807) is 0 Å². The maximum atomic E-state index is 12.3. The van der Waals surface area contributed by atoms with E-state index in [0.717, 1.165) is 48.2 Å². The number of anilines is 1. The number of nitrogens with zero attached hydrogens (tertiary/aromatic N) is 4. The Balaban J connectivity index is 1.31. The van der Waals surface area contributed by atoms with Gasteiger partial charge < -0.3 is 30.0 Å². The van der Waals surface area contributed by atoms with E-state index >= 15 is 0 Å². The zero-order valence-electron chi connectivity index (χ0n) is 17.4. The first kappa shape index (κ1) is 19.6. The van der Waals surface area contributed by atoms with Crippen molar-refractivity contribution in [3.63, 3.8) is 0 Å². The molecule has 9 heteroatoms. The van der Waals surface area contributed by atoms with Gasteiger partial charge in [0.25, 0.3) is 0 Å². The summed E-state index contributed by atoms with van der Waals surface area (Å²) in [4.78, 5) is 23.5. The molecule has 0 radical (unpaired) electrons. The first-order valence-electron chi connectivity index (χ1n) is 11.1. The molecule has 2 aliphatic heterocycles. The van der Waals surface area contributed by atoms with Crippen LogP contribution in [-0.4, -0.2) is 64.9 Å². The lowest BCUT2D eigenvalue weighted by Gasteiger charge is -2.28. The van der Waals surface area contributed by atoms with Crippen LogP contribution in [0.3, 0.4) is 0 Å². The molecule has 3 aliphatic rings. The van der Waals surface area contributed by atoms with Crippen LogP contribution in [0.2, 0.25) is 0 Å². The normalized spacial score (nSPS) is 21.3. The molecule has 2 amide bonds. The van der Waals surface area contributed by atoms with Crippen LogP contribution >= 0.6 is 0 Å². The third kappa shape index (κ3) is 3.60. The van der Waals surface area contributed by atoms with Gasteiger partial charge in [-0.2, -0.15) is 0 Å². The Bertz CT molecular complexity index is 937. The molecule has 5 rings (SSSR count). The van der Waals surface area contributed by atoms with Crippen molar-refractivity contribution < 1.29 is 14.3 Å². The van der Waals surface area contributed by atoms with Crippen LogP contribution < -0.4 is 11.1 Å². The van der Waals surface area contributed by atoms with Crippen molar-refractivity contribution in [2.24, 2.45) is 0 Å². The molecule has 0 bridgehead atoms. The number of morpholine rings is 1. The number of ether oxygens (including phenoxy) is 2. The monoisotopic (exact) mass is 414 g/mol. The first-order valence-corrected chi connectivity index (χ1v) is 11.1. The van der Waals surface area contributed by atoms with Gasteiger partial charge in [0.15, 0.2) is 5.82 Å². The summed E-state index contributed by atoms with van der Waals surface area (Å²) in [7, 11) is 0. The van der Waals surface area contributed by atoms with Gasteiger partial charge in [0.2, 0.25) is 0 Å². The molecule has 2 aromatic heterocycles. The molecule has 1 atom stereocenters. The van der Waals surface area contributed by atoms with Crippen molar-refractivity contribution in [1.82, 2.24) is 24.8 Å². The van der Waals surface area contributed by atoms with Crippen LogP contribution in [0.25, 0.3) is 11.0 Å². The van der Waals surface area contributed by atoms with Crippen molar-refractivity contribution in [3.05, 3.63) is 17.1 Å². The van der Waals surface area contributed by atoms with Gasteiger partial charge >= 0.3 is 6.03 Å². The average Bonchev–Trinajstić information content (AvgIpc) is 3.19. The largest absolute Gasteiger partial charge is 0.382 e. The zero-order valence-corrected chi connectivity index (χ0v) is 17.4. The second kappa shape index (κ2) is 8.39. The van der Waals surface area contributed by atoms with Crippen molar-refractivity contribution >= 4 is 22.9 Å². The summed E-state index contributed by atoms with van der Waals surface area (Å²) in [5, 5.41) is 3.04. The maximum Gasteiger partial charge on any atom is 0.317 e. The molecule has 0 unspecified atom stereocenters. The van der Waals surface area contributed by atoms with Crippen LogP contribution in [0, 0.1) is 0 Å². The van der Waals surface area contributed by atoms with E-state index < -0.39 is 0 Å². The minimum atomic E-state index is -0.000110. The molecule has 4 heterocycles. The van der Waals surface area contributed by atoms with Gasteiger partial charge in [0, 0.05) is 25.3 Å². The number of amides is 2. The van der Waals surface area contributed by atoms with Gasteiger partial charge in [-0.25, -0.2) is 14.8 Å². The number of nitrogen functional groups attached to an aromatic ring is 1. The number of pyridine rings is 1. The second-order valence-electron chi connectivity index (χ2n) is 8.37. The molecule has 162 valence electrons. The van der Waals surface area contributed by atoms with Crippen LogP contribution in [0.4, 0.5) is 10.6 Å².